The van der Waals surface area contributed by atoms with Crippen LogP contribution >= 0.6 is 11.8 Å². The molecule has 0 unspecified atom stereocenters. The van der Waals surface area contributed by atoms with Gasteiger partial charge in [-0.05, 0) is 24.3 Å². The Morgan fingerprint density at radius 3 is 2.73 bits per heavy atom. The first-order chi connectivity index (χ1) is 7.34. The van der Waals surface area contributed by atoms with Crippen LogP contribution in [0.2, 0.25) is 0 Å². The van der Waals surface area contributed by atoms with Crippen molar-refractivity contribution in [2.75, 3.05) is 6.61 Å². The Balaban J connectivity index is 1.87. The number of benzene rings is 1. The van der Waals surface area contributed by atoms with Crippen molar-refractivity contribution >= 4 is 11.8 Å². The second-order valence-electron chi connectivity index (χ2n) is 2.85. The number of hydrogen-bond donors (Lipinski definition) is 0. The van der Waals surface area contributed by atoms with Crippen LogP contribution in [-0.4, -0.2) is 6.61 Å². The molecule has 78 valence electrons. The molecule has 0 fully saturated rings. The van der Waals surface area contributed by atoms with Crippen molar-refractivity contribution in [3.8, 4) is 5.75 Å². The van der Waals surface area contributed by atoms with Gasteiger partial charge in [0.2, 0.25) is 0 Å². The first kappa shape index (κ1) is 10.1. The van der Waals surface area contributed by atoms with Crippen LogP contribution < -0.4 is 4.74 Å². The fourth-order valence-electron chi connectivity index (χ4n) is 1.04. The normalized spacial score (nSPS) is 14.3. The van der Waals surface area contributed by atoms with E-state index in [9.17, 15) is 4.39 Å². The quantitative estimate of drug-likeness (QED) is 0.785. The molecule has 0 saturated carbocycles. The zero-order valence-electron chi connectivity index (χ0n) is 7.85. The SMILES string of the molecule is Fc1ccc(OCC2=CSC=CO2)cc1. The van der Waals surface area contributed by atoms with E-state index in [-0.39, 0.29) is 5.82 Å². The van der Waals surface area contributed by atoms with E-state index < -0.39 is 0 Å². The molecule has 0 amide bonds. The topological polar surface area (TPSA) is 18.5 Å². The van der Waals surface area contributed by atoms with Gasteiger partial charge >= 0.3 is 0 Å². The lowest BCUT2D eigenvalue weighted by Crippen LogP contribution is -2.03. The summed E-state index contributed by atoms with van der Waals surface area (Å²) in [5.41, 5.74) is 0. The second kappa shape index (κ2) is 4.89. The predicted molar refractivity (Wildman–Crippen MR) is 57.8 cm³/mol. The molecule has 0 bridgehead atoms. The van der Waals surface area contributed by atoms with Gasteiger partial charge in [-0.2, -0.15) is 0 Å². The van der Waals surface area contributed by atoms with Crippen molar-refractivity contribution in [2.45, 2.75) is 0 Å². The predicted octanol–water partition coefficient (Wildman–Crippen LogP) is 3.28. The molecule has 1 aromatic carbocycles. The molecule has 2 rings (SSSR count). The second-order valence-corrected chi connectivity index (χ2v) is 3.63. The third kappa shape index (κ3) is 3.02. The summed E-state index contributed by atoms with van der Waals surface area (Å²) in [6.07, 6.45) is 1.61. The number of halogens is 1. The van der Waals surface area contributed by atoms with Gasteiger partial charge in [-0.15, -0.1) is 0 Å². The Bertz CT molecular complexity index is 384. The third-order valence-corrected chi connectivity index (χ3v) is 2.41. The van der Waals surface area contributed by atoms with Crippen LogP contribution in [0.25, 0.3) is 0 Å². The van der Waals surface area contributed by atoms with Crippen molar-refractivity contribution < 1.29 is 13.9 Å². The van der Waals surface area contributed by atoms with Crippen molar-refractivity contribution in [3.63, 3.8) is 0 Å². The largest absolute Gasteiger partial charge is 0.486 e. The van der Waals surface area contributed by atoms with E-state index >= 15 is 0 Å². The number of rotatable bonds is 3. The van der Waals surface area contributed by atoms with Gasteiger partial charge in [-0.3, -0.25) is 0 Å². The summed E-state index contributed by atoms with van der Waals surface area (Å²) in [4.78, 5) is 0. The Morgan fingerprint density at radius 2 is 2.07 bits per heavy atom. The minimum Gasteiger partial charge on any atom is -0.486 e. The molecule has 1 heterocycles. The molecule has 1 aliphatic heterocycles. The lowest BCUT2D eigenvalue weighted by molar-refractivity contribution is 0.250. The van der Waals surface area contributed by atoms with E-state index in [4.69, 9.17) is 9.47 Å². The van der Waals surface area contributed by atoms with Crippen LogP contribution in [0.1, 0.15) is 0 Å². The molecule has 15 heavy (non-hydrogen) atoms. The molecule has 4 heteroatoms. The van der Waals surface area contributed by atoms with Gasteiger partial charge < -0.3 is 9.47 Å². The van der Waals surface area contributed by atoms with Gasteiger partial charge in [0.25, 0.3) is 0 Å². The smallest absolute Gasteiger partial charge is 0.147 e. The molecule has 0 spiro atoms. The number of ether oxygens (including phenoxy) is 2. The van der Waals surface area contributed by atoms with Gasteiger partial charge in [0.15, 0.2) is 0 Å². The maximum absolute atomic E-state index is 12.6. The van der Waals surface area contributed by atoms with Crippen LogP contribution in [0.15, 0.2) is 47.1 Å². The summed E-state index contributed by atoms with van der Waals surface area (Å²) in [7, 11) is 0. The monoisotopic (exact) mass is 224 g/mol. The molecule has 0 aromatic heterocycles. The summed E-state index contributed by atoms with van der Waals surface area (Å²) in [5.74, 6) is 1.10. The van der Waals surface area contributed by atoms with E-state index in [2.05, 4.69) is 0 Å². The van der Waals surface area contributed by atoms with E-state index in [1.165, 1.54) is 23.9 Å². The van der Waals surface area contributed by atoms with Crippen molar-refractivity contribution in [3.05, 3.63) is 52.9 Å². The van der Waals surface area contributed by atoms with E-state index in [1.807, 2.05) is 10.8 Å². The molecular weight excluding hydrogens is 215 g/mol. The van der Waals surface area contributed by atoms with Gasteiger partial charge in [0, 0.05) is 10.8 Å². The molecule has 0 atom stereocenters. The maximum atomic E-state index is 12.6. The van der Waals surface area contributed by atoms with E-state index in [0.29, 0.717) is 12.4 Å². The Morgan fingerprint density at radius 1 is 1.27 bits per heavy atom. The summed E-state index contributed by atoms with van der Waals surface area (Å²) in [5, 5.41) is 3.70. The molecule has 2 nitrogen and oxygen atoms in total. The van der Waals surface area contributed by atoms with Crippen molar-refractivity contribution in [2.24, 2.45) is 0 Å². The molecule has 1 aliphatic rings. The van der Waals surface area contributed by atoms with Crippen molar-refractivity contribution in [1.29, 1.82) is 0 Å². The number of thioether (sulfide) groups is 1. The van der Waals surface area contributed by atoms with Gasteiger partial charge in [0.1, 0.15) is 23.9 Å². The third-order valence-electron chi connectivity index (χ3n) is 1.75. The molecule has 0 aliphatic carbocycles. The Labute approximate surface area is 91.4 Å². The highest BCUT2D eigenvalue weighted by molar-refractivity contribution is 8.04. The van der Waals surface area contributed by atoms with Crippen LogP contribution in [0, 0.1) is 5.82 Å². The average Bonchev–Trinajstić information content (AvgIpc) is 2.30. The fraction of sp³-hybridized carbons (Fsp3) is 0.0909. The van der Waals surface area contributed by atoms with Gasteiger partial charge in [-0.1, -0.05) is 11.8 Å². The molecular formula is C11H9FO2S. The summed E-state index contributed by atoms with van der Waals surface area (Å²) in [6.45, 7) is 0.350. The maximum Gasteiger partial charge on any atom is 0.147 e. The Kier molecular flexibility index (Phi) is 3.29. The van der Waals surface area contributed by atoms with Gasteiger partial charge in [0.05, 0.1) is 6.26 Å². The van der Waals surface area contributed by atoms with Crippen molar-refractivity contribution in [1.82, 2.24) is 0 Å². The van der Waals surface area contributed by atoms with Crippen LogP contribution in [0.4, 0.5) is 4.39 Å². The first-order valence-electron chi connectivity index (χ1n) is 4.39. The first-order valence-corrected chi connectivity index (χ1v) is 5.33. The summed E-state index contributed by atoms with van der Waals surface area (Å²) < 4.78 is 23.2. The minimum atomic E-state index is -0.269. The summed E-state index contributed by atoms with van der Waals surface area (Å²) >= 11 is 1.53. The molecule has 0 radical (unpaired) electrons. The van der Waals surface area contributed by atoms with Crippen LogP contribution in [0.5, 0.6) is 5.75 Å². The van der Waals surface area contributed by atoms with Crippen LogP contribution in [-0.2, 0) is 4.74 Å². The standard InChI is InChI=1S/C11H9FO2S/c12-9-1-3-10(4-2-9)14-7-11-8-15-6-5-13-11/h1-6,8H,7H2. The van der Waals surface area contributed by atoms with E-state index in [1.54, 1.807) is 18.4 Å². The highest BCUT2D eigenvalue weighted by Gasteiger charge is 2.02. The van der Waals surface area contributed by atoms with Gasteiger partial charge in [-0.25, -0.2) is 4.39 Å². The highest BCUT2D eigenvalue weighted by atomic mass is 32.2. The fourth-order valence-corrected chi connectivity index (χ4v) is 1.52. The zero-order valence-corrected chi connectivity index (χ0v) is 8.67. The molecule has 0 saturated heterocycles. The molecule has 1 aromatic rings. The zero-order chi connectivity index (χ0) is 10.5. The summed E-state index contributed by atoms with van der Waals surface area (Å²) in [6, 6.07) is 5.89. The lowest BCUT2D eigenvalue weighted by Gasteiger charge is -2.10. The molecule has 0 N–H and O–H groups in total. The Hall–Kier alpha value is -1.42. The minimum absolute atomic E-state index is 0.269. The lowest BCUT2D eigenvalue weighted by atomic mass is 10.3. The number of hydrogen-bond acceptors (Lipinski definition) is 3. The highest BCUT2D eigenvalue weighted by Crippen LogP contribution is 2.18. The van der Waals surface area contributed by atoms with E-state index in [0.717, 1.165) is 5.76 Å². The average molecular weight is 224 g/mol. The van der Waals surface area contributed by atoms with Crippen LogP contribution in [0.3, 0.4) is 0 Å².